The summed E-state index contributed by atoms with van der Waals surface area (Å²) in [6.07, 6.45) is 107. The number of ether oxygens (including phenoxy) is 4. The maximum atomic E-state index is 13.0. The lowest BCUT2D eigenvalue weighted by Gasteiger charge is -2.26. The molecule has 0 aliphatic rings. The first kappa shape index (κ1) is 101. The Morgan fingerprint density at radius 2 is 0.495 bits per heavy atom. The molecule has 0 spiro atoms. The minimum Gasteiger partial charge on any atom is -0.545 e. The number of carbonyl (C=O) groups is 3. The van der Waals surface area contributed by atoms with E-state index >= 15 is 0 Å². The Balaban J connectivity index is 3.85. The summed E-state index contributed by atoms with van der Waals surface area (Å²) in [5, 5.41) is 11.9. The summed E-state index contributed by atoms with van der Waals surface area (Å²) in [4.78, 5) is 37.7. The van der Waals surface area contributed by atoms with Crippen molar-refractivity contribution in [2.45, 2.75) is 527 Å². The predicted molar refractivity (Wildman–Crippen MR) is 445 cm³/mol. The Labute approximate surface area is 644 Å². The predicted octanol–water partition coefficient (Wildman–Crippen LogP) is 29.3. The number of quaternary nitrogens is 1. The molecule has 0 aromatic rings. The summed E-state index contributed by atoms with van der Waals surface area (Å²) in [5.41, 5.74) is 0. The number of carboxylic acid groups (broad SMARTS) is 1. The van der Waals surface area contributed by atoms with Crippen molar-refractivity contribution >= 4 is 17.9 Å². The highest BCUT2D eigenvalue weighted by molar-refractivity contribution is 5.70. The molecule has 0 fully saturated rings. The molecule has 0 saturated heterocycles. The van der Waals surface area contributed by atoms with Gasteiger partial charge in [-0.3, -0.25) is 9.59 Å². The Morgan fingerprint density at radius 3 is 0.718 bits per heavy atom. The van der Waals surface area contributed by atoms with Crippen molar-refractivity contribution in [1.29, 1.82) is 0 Å². The van der Waals surface area contributed by atoms with Gasteiger partial charge in [-0.2, -0.15) is 0 Å². The number of carboxylic acids is 1. The zero-order valence-electron chi connectivity index (χ0n) is 70.5. The van der Waals surface area contributed by atoms with Crippen molar-refractivity contribution in [3.63, 3.8) is 0 Å². The van der Waals surface area contributed by atoms with Crippen LogP contribution in [-0.2, 0) is 33.3 Å². The third-order valence-corrected chi connectivity index (χ3v) is 22.0. The van der Waals surface area contributed by atoms with Gasteiger partial charge >= 0.3 is 11.9 Å². The highest BCUT2D eigenvalue weighted by atomic mass is 16.7. The third-order valence-electron chi connectivity index (χ3n) is 22.0. The quantitative estimate of drug-likeness (QED) is 0.0195. The first-order chi connectivity index (χ1) is 50.6. The van der Waals surface area contributed by atoms with Crippen LogP contribution < -0.4 is 5.11 Å². The zero-order valence-corrected chi connectivity index (χ0v) is 70.5. The minimum atomic E-state index is -1.62. The minimum absolute atomic E-state index is 0.153. The number of hydrogen-bond acceptors (Lipinski definition) is 8. The molecular formula is C94H183NO8. The molecule has 2 atom stereocenters. The second-order valence-electron chi connectivity index (χ2n) is 33.7. The van der Waals surface area contributed by atoms with Crippen molar-refractivity contribution < 1.29 is 42.9 Å². The van der Waals surface area contributed by atoms with E-state index in [0.29, 0.717) is 17.4 Å². The summed E-state index contributed by atoms with van der Waals surface area (Å²) in [7, 11) is 5.96. The van der Waals surface area contributed by atoms with Crippen LogP contribution in [0.2, 0.25) is 0 Å². The summed E-state index contributed by atoms with van der Waals surface area (Å²) >= 11 is 0. The molecule has 0 saturated carbocycles. The number of unbranched alkanes of at least 4 members (excludes halogenated alkanes) is 73. The molecular weight excluding hydrogens is 1270 g/mol. The summed E-state index contributed by atoms with van der Waals surface area (Å²) < 4.78 is 23.0. The van der Waals surface area contributed by atoms with E-state index in [1.807, 2.05) is 21.1 Å². The molecule has 0 aromatic carbocycles. The van der Waals surface area contributed by atoms with Crippen LogP contribution in [0.15, 0.2) is 12.2 Å². The number of rotatable bonds is 90. The fourth-order valence-electron chi connectivity index (χ4n) is 14.9. The average Bonchev–Trinajstić information content (AvgIpc) is 0.985. The van der Waals surface area contributed by atoms with E-state index < -0.39 is 24.3 Å². The molecule has 612 valence electrons. The molecule has 0 amide bonds. The van der Waals surface area contributed by atoms with Crippen LogP contribution >= 0.6 is 0 Å². The zero-order chi connectivity index (χ0) is 74.6. The van der Waals surface area contributed by atoms with E-state index in [2.05, 4.69) is 26.0 Å². The van der Waals surface area contributed by atoms with Crippen molar-refractivity contribution in [3.05, 3.63) is 12.2 Å². The van der Waals surface area contributed by atoms with Gasteiger partial charge in [-0.15, -0.1) is 0 Å². The van der Waals surface area contributed by atoms with Crippen LogP contribution in [-0.4, -0.2) is 82.3 Å². The fourth-order valence-corrected chi connectivity index (χ4v) is 14.9. The topological polar surface area (TPSA) is 111 Å². The molecule has 0 N–H and O–H groups in total. The van der Waals surface area contributed by atoms with Crippen LogP contribution in [0.3, 0.4) is 0 Å². The van der Waals surface area contributed by atoms with Gasteiger partial charge in [-0.1, -0.05) is 475 Å². The molecule has 9 heteroatoms. The normalized spacial score (nSPS) is 12.5. The summed E-state index contributed by atoms with van der Waals surface area (Å²) in [6, 6.07) is 0. The average molecular weight is 1460 g/mol. The van der Waals surface area contributed by atoms with Gasteiger partial charge in [0.1, 0.15) is 13.2 Å². The van der Waals surface area contributed by atoms with Gasteiger partial charge in [0.05, 0.1) is 40.3 Å². The largest absolute Gasteiger partial charge is 0.545 e. The lowest BCUT2D eigenvalue weighted by molar-refractivity contribution is -0.870. The fraction of sp³-hybridized carbons (Fsp3) is 0.947. The number of esters is 2. The van der Waals surface area contributed by atoms with Gasteiger partial charge in [0.15, 0.2) is 12.4 Å². The number of aliphatic carboxylic acids is 1. The lowest BCUT2D eigenvalue weighted by Crippen LogP contribution is -2.44. The van der Waals surface area contributed by atoms with Gasteiger partial charge in [-0.25, -0.2) is 0 Å². The highest BCUT2D eigenvalue weighted by Crippen LogP contribution is 2.22. The summed E-state index contributed by atoms with van der Waals surface area (Å²) in [6.45, 7) is 4.86. The Kier molecular flexibility index (Phi) is 84.0. The van der Waals surface area contributed by atoms with Crippen LogP contribution in [0.5, 0.6) is 0 Å². The number of nitrogens with zero attached hydrogens (tertiary/aromatic N) is 1. The first-order valence-electron chi connectivity index (χ1n) is 46.8. The van der Waals surface area contributed by atoms with Crippen LogP contribution in [0, 0.1) is 0 Å². The van der Waals surface area contributed by atoms with E-state index in [1.54, 1.807) is 0 Å². The molecule has 9 nitrogen and oxygen atoms in total. The Morgan fingerprint density at radius 1 is 0.282 bits per heavy atom. The second-order valence-corrected chi connectivity index (χ2v) is 33.7. The van der Waals surface area contributed by atoms with Crippen LogP contribution in [0.4, 0.5) is 0 Å². The van der Waals surface area contributed by atoms with E-state index in [9.17, 15) is 19.5 Å². The molecule has 0 heterocycles. The maximum Gasteiger partial charge on any atom is 0.306 e. The Hall–Kier alpha value is -1.97. The molecule has 103 heavy (non-hydrogen) atoms. The van der Waals surface area contributed by atoms with Gasteiger partial charge in [0, 0.05) is 12.8 Å². The van der Waals surface area contributed by atoms with Crippen molar-refractivity contribution in [2.75, 3.05) is 47.5 Å². The monoisotopic (exact) mass is 1450 g/mol. The molecule has 0 radical (unpaired) electrons. The maximum absolute atomic E-state index is 13.0. The van der Waals surface area contributed by atoms with Gasteiger partial charge in [0.2, 0.25) is 0 Å². The number of allylic oxidation sites excluding steroid dienone is 2. The van der Waals surface area contributed by atoms with E-state index in [1.165, 1.54) is 449 Å². The van der Waals surface area contributed by atoms with Crippen LogP contribution in [0.25, 0.3) is 0 Å². The van der Waals surface area contributed by atoms with Gasteiger partial charge < -0.3 is 33.3 Å². The number of likely N-dealkylation sites (N-methyl/N-ethyl adjacent to an activating group) is 1. The SMILES string of the molecule is CCCCCCCCCC/C=C\CCCCCCCCCCCCCCCCCCCCCCCCCCCCCC(=O)OC(COC(=O)CCCCCCCCCCCCCCCCCCCCCCCCCCCCCCCCCCCCCCCCC)COC(OCC[N+](C)(C)C)C(=O)[O-]. The van der Waals surface area contributed by atoms with Crippen molar-refractivity contribution in [3.8, 4) is 0 Å². The molecule has 0 bridgehead atoms. The van der Waals surface area contributed by atoms with Gasteiger partial charge in [0.25, 0.3) is 0 Å². The van der Waals surface area contributed by atoms with Crippen LogP contribution in [0.1, 0.15) is 515 Å². The van der Waals surface area contributed by atoms with Gasteiger partial charge in [-0.05, 0) is 38.5 Å². The second kappa shape index (κ2) is 85.6. The molecule has 0 aromatic heterocycles. The number of carbonyl (C=O) groups excluding carboxylic acids is 3. The smallest absolute Gasteiger partial charge is 0.306 e. The molecule has 2 unspecified atom stereocenters. The first-order valence-corrected chi connectivity index (χ1v) is 46.8. The summed E-state index contributed by atoms with van der Waals surface area (Å²) in [5.74, 6) is -2.24. The molecule has 0 aliphatic heterocycles. The van der Waals surface area contributed by atoms with Crippen molar-refractivity contribution in [2.24, 2.45) is 0 Å². The molecule has 0 rings (SSSR count). The van der Waals surface area contributed by atoms with E-state index in [4.69, 9.17) is 18.9 Å². The lowest BCUT2D eigenvalue weighted by atomic mass is 10.0. The standard InChI is InChI=1S/C94H183NO8/c1-6-8-10-12-14-16-18-20-22-24-26-28-30-32-34-36-38-40-42-44-46-48-50-52-54-56-58-60-62-64-66-68-70-72-74-76-78-80-82-84-91(96)101-88-90(89-102-94(93(98)99)100-87-86-95(3,4)5)103-92(97)85-83-81-79-77-75-73-71-69-67-65-63-61-59-57-55-53-51-49-47-45-43-41-39-37-35-33-31-29-27-25-23-21-19-17-15-13-11-9-7-2/h25,27,90,94H,6-24,26,28-89H2,1-5H3/b27-25-. The third kappa shape index (κ3) is 87.1. The Bertz CT molecular complexity index is 1700. The van der Waals surface area contributed by atoms with E-state index in [-0.39, 0.29) is 32.2 Å². The van der Waals surface area contributed by atoms with Crippen molar-refractivity contribution in [1.82, 2.24) is 0 Å². The van der Waals surface area contributed by atoms with E-state index in [0.717, 1.165) is 38.5 Å². The highest BCUT2D eigenvalue weighted by Gasteiger charge is 2.22. The number of hydrogen-bond donors (Lipinski definition) is 0. The molecule has 0 aliphatic carbocycles.